The van der Waals surface area contributed by atoms with Gasteiger partial charge in [-0.3, -0.25) is 0 Å². The Morgan fingerprint density at radius 1 is 1.00 bits per heavy atom. The highest BCUT2D eigenvalue weighted by molar-refractivity contribution is 7.40. The van der Waals surface area contributed by atoms with Crippen molar-refractivity contribution in [2.45, 2.75) is 26.2 Å². The summed E-state index contributed by atoms with van der Waals surface area (Å²) in [5, 5.41) is 0. The Balaban J connectivity index is 0. The van der Waals surface area contributed by atoms with Crippen molar-refractivity contribution >= 4 is 43.4 Å². The predicted molar refractivity (Wildman–Crippen MR) is 64.9 cm³/mol. The van der Waals surface area contributed by atoms with Crippen molar-refractivity contribution in [1.82, 2.24) is 0 Å². The SMILES string of the molecule is CCCCCCl.ClCCPCCl. The third kappa shape index (κ3) is 22.5. The van der Waals surface area contributed by atoms with Crippen LogP contribution in [-0.4, -0.2) is 23.5 Å². The van der Waals surface area contributed by atoms with Gasteiger partial charge >= 0.3 is 0 Å². The van der Waals surface area contributed by atoms with Crippen LogP contribution >= 0.6 is 43.4 Å². The van der Waals surface area contributed by atoms with Crippen LogP contribution in [-0.2, 0) is 0 Å². The topological polar surface area (TPSA) is 0 Å². The van der Waals surface area contributed by atoms with E-state index in [1.54, 1.807) is 0 Å². The van der Waals surface area contributed by atoms with Crippen LogP contribution in [0.25, 0.3) is 0 Å². The molecule has 76 valence electrons. The van der Waals surface area contributed by atoms with Gasteiger partial charge in [-0.2, -0.15) is 0 Å². The van der Waals surface area contributed by atoms with Crippen molar-refractivity contribution in [1.29, 1.82) is 0 Å². The van der Waals surface area contributed by atoms with Crippen molar-refractivity contribution < 1.29 is 0 Å². The van der Waals surface area contributed by atoms with E-state index in [1.165, 1.54) is 19.3 Å². The van der Waals surface area contributed by atoms with E-state index in [0.717, 1.165) is 32.1 Å². The van der Waals surface area contributed by atoms with E-state index in [-0.39, 0.29) is 0 Å². The van der Waals surface area contributed by atoms with Crippen LogP contribution in [0.15, 0.2) is 0 Å². The zero-order chi connectivity index (χ0) is 9.66. The molecule has 0 saturated heterocycles. The average molecular weight is 252 g/mol. The number of hydrogen-bond donors (Lipinski definition) is 0. The van der Waals surface area contributed by atoms with E-state index in [1.807, 2.05) is 0 Å². The molecule has 0 aromatic rings. The zero-order valence-corrected chi connectivity index (χ0v) is 10.9. The largest absolute Gasteiger partial charge is 0.127 e. The van der Waals surface area contributed by atoms with Gasteiger partial charge in [-0.05, 0) is 12.6 Å². The van der Waals surface area contributed by atoms with Gasteiger partial charge in [-0.15, -0.1) is 43.4 Å². The number of unbranched alkanes of at least 4 members (excludes halogenated alkanes) is 2. The normalized spacial score (nSPS) is 10.0. The van der Waals surface area contributed by atoms with Gasteiger partial charge in [0.2, 0.25) is 0 Å². The number of alkyl halides is 3. The van der Waals surface area contributed by atoms with E-state index in [0.29, 0.717) is 0 Å². The smallest absolute Gasteiger partial charge is 0.0395 e. The molecular weight excluding hydrogens is 233 g/mol. The first-order valence-electron chi connectivity index (χ1n) is 4.22. The fourth-order valence-electron chi connectivity index (χ4n) is 0.478. The summed E-state index contributed by atoms with van der Waals surface area (Å²) in [5.41, 5.74) is 0.771. The number of rotatable bonds is 6. The second kappa shape index (κ2) is 18.2. The summed E-state index contributed by atoms with van der Waals surface area (Å²) in [5.74, 6) is 1.58. The van der Waals surface area contributed by atoms with E-state index < -0.39 is 0 Å². The van der Waals surface area contributed by atoms with Crippen LogP contribution in [0.5, 0.6) is 0 Å². The van der Waals surface area contributed by atoms with Gasteiger partial charge < -0.3 is 0 Å². The van der Waals surface area contributed by atoms with Crippen LogP contribution in [0.3, 0.4) is 0 Å². The molecule has 0 N–H and O–H groups in total. The maximum atomic E-state index is 5.38. The van der Waals surface area contributed by atoms with Crippen LogP contribution < -0.4 is 0 Å². The van der Waals surface area contributed by atoms with Crippen molar-refractivity contribution in [3.63, 3.8) is 0 Å². The molecule has 1 unspecified atom stereocenters. The molecule has 12 heavy (non-hydrogen) atoms. The van der Waals surface area contributed by atoms with Crippen molar-refractivity contribution in [3.05, 3.63) is 0 Å². The predicted octanol–water partition coefficient (Wildman–Crippen LogP) is 4.52. The van der Waals surface area contributed by atoms with Gasteiger partial charge in [0.05, 0.1) is 0 Å². The molecule has 0 aliphatic carbocycles. The molecule has 0 aromatic heterocycles. The molecule has 1 atom stereocenters. The maximum Gasteiger partial charge on any atom is 0.0395 e. The summed E-state index contributed by atoms with van der Waals surface area (Å²) in [6, 6.07) is 0. The minimum Gasteiger partial charge on any atom is -0.127 e. The van der Waals surface area contributed by atoms with E-state index >= 15 is 0 Å². The van der Waals surface area contributed by atoms with Crippen LogP contribution in [0, 0.1) is 0 Å². The Bertz CT molecular complexity index is 46.3. The number of halogens is 3. The Morgan fingerprint density at radius 2 is 1.67 bits per heavy atom. The summed E-state index contributed by atoms with van der Waals surface area (Å²) in [7, 11) is 0.848. The summed E-state index contributed by atoms with van der Waals surface area (Å²) in [6.07, 6.45) is 4.80. The van der Waals surface area contributed by atoms with Crippen LogP contribution in [0.2, 0.25) is 0 Å². The van der Waals surface area contributed by atoms with E-state index in [9.17, 15) is 0 Å². The standard InChI is InChI=1S/C5H11Cl.C3H7Cl2P/c1-2-3-4-5-6;4-1-2-6-3-5/h2-5H2,1H3;6H,1-3H2. The average Bonchev–Trinajstić information content (AvgIpc) is 2.12. The van der Waals surface area contributed by atoms with E-state index in [2.05, 4.69) is 6.92 Å². The third-order valence-electron chi connectivity index (χ3n) is 1.10. The first-order valence-corrected chi connectivity index (χ1v) is 7.23. The summed E-state index contributed by atoms with van der Waals surface area (Å²) >= 11 is 16.0. The molecular formula is C8H18Cl3P. The first-order chi connectivity index (χ1) is 5.83. The Labute approximate surface area is 93.1 Å². The van der Waals surface area contributed by atoms with Crippen molar-refractivity contribution in [2.24, 2.45) is 0 Å². The summed E-state index contributed by atoms with van der Waals surface area (Å²) in [4.78, 5) is 0. The molecule has 0 spiro atoms. The third-order valence-corrected chi connectivity index (χ3v) is 3.24. The minimum absolute atomic E-state index is 0.755. The molecule has 0 radical (unpaired) electrons. The highest BCUT2D eigenvalue weighted by Gasteiger charge is 1.77. The van der Waals surface area contributed by atoms with Gasteiger partial charge in [-0.1, -0.05) is 19.8 Å². The molecule has 0 heterocycles. The Morgan fingerprint density at radius 3 is 1.83 bits per heavy atom. The second-order valence-electron chi connectivity index (χ2n) is 2.22. The lowest BCUT2D eigenvalue weighted by Crippen LogP contribution is -1.72. The molecule has 0 aliphatic heterocycles. The van der Waals surface area contributed by atoms with Crippen LogP contribution in [0.4, 0.5) is 0 Å². The molecule has 4 heteroatoms. The maximum absolute atomic E-state index is 5.38. The van der Waals surface area contributed by atoms with Gasteiger partial charge in [-0.25, -0.2) is 0 Å². The summed E-state index contributed by atoms with van der Waals surface area (Å²) in [6.45, 7) is 2.17. The minimum atomic E-state index is 0.755. The quantitative estimate of drug-likeness (QED) is 0.370. The molecule has 0 aliphatic rings. The van der Waals surface area contributed by atoms with Crippen LogP contribution in [0.1, 0.15) is 26.2 Å². The Hall–Kier alpha value is 1.30. The van der Waals surface area contributed by atoms with E-state index in [4.69, 9.17) is 34.8 Å². The summed E-state index contributed by atoms with van der Waals surface area (Å²) < 4.78 is 0. The lowest BCUT2D eigenvalue weighted by molar-refractivity contribution is 0.776. The fraction of sp³-hybridized carbons (Fsp3) is 1.00. The molecule has 0 rings (SSSR count). The lowest BCUT2D eigenvalue weighted by atomic mass is 10.3. The molecule has 0 fully saturated rings. The highest BCUT2D eigenvalue weighted by Crippen LogP contribution is 2.10. The monoisotopic (exact) mass is 250 g/mol. The van der Waals surface area contributed by atoms with Gasteiger partial charge in [0.25, 0.3) is 0 Å². The fourth-order valence-corrected chi connectivity index (χ4v) is 1.74. The molecule has 0 bridgehead atoms. The second-order valence-corrected chi connectivity index (χ2v) is 5.04. The van der Waals surface area contributed by atoms with Gasteiger partial charge in [0, 0.05) is 17.4 Å². The van der Waals surface area contributed by atoms with Crippen molar-refractivity contribution in [3.8, 4) is 0 Å². The number of hydrogen-bond acceptors (Lipinski definition) is 0. The molecule has 0 saturated carbocycles. The van der Waals surface area contributed by atoms with Gasteiger partial charge in [0.1, 0.15) is 0 Å². The zero-order valence-electron chi connectivity index (χ0n) is 7.58. The first kappa shape index (κ1) is 15.8. The Kier molecular flexibility index (Phi) is 23.8. The molecule has 0 aromatic carbocycles. The van der Waals surface area contributed by atoms with Crippen molar-refractivity contribution in [2.75, 3.05) is 23.5 Å². The van der Waals surface area contributed by atoms with Gasteiger partial charge in [0.15, 0.2) is 0 Å². The molecule has 0 nitrogen and oxygen atoms in total. The lowest BCUT2D eigenvalue weighted by Gasteiger charge is -1.84. The highest BCUT2D eigenvalue weighted by atomic mass is 35.5. The molecule has 0 amide bonds.